The molecule has 2 aromatic carbocycles. The lowest BCUT2D eigenvalue weighted by atomic mass is 9.78. The number of anilines is 1. The first-order valence-electron chi connectivity index (χ1n) is 12.3. The molecule has 2 heterocycles. The summed E-state index contributed by atoms with van der Waals surface area (Å²) in [6, 6.07) is 15.8. The van der Waals surface area contributed by atoms with Crippen LogP contribution in [0.5, 0.6) is 0 Å². The highest BCUT2D eigenvalue weighted by molar-refractivity contribution is 6.30. The molecule has 1 fully saturated rings. The largest absolute Gasteiger partial charge is 0.326 e. The average Bonchev–Trinajstić information content (AvgIpc) is 3.44. The molecule has 0 spiro atoms. The number of halogens is 1. The number of hydrogen-bond donors (Lipinski definition) is 1. The number of ketones is 1. The van der Waals surface area contributed by atoms with Crippen LogP contribution in [-0.4, -0.2) is 21.2 Å². The first kappa shape index (κ1) is 23.6. The zero-order valence-corrected chi connectivity index (χ0v) is 20.9. The van der Waals surface area contributed by atoms with E-state index in [2.05, 4.69) is 33.9 Å². The highest BCUT2D eigenvalue weighted by Gasteiger charge is 2.35. The summed E-state index contributed by atoms with van der Waals surface area (Å²) >= 11 is 6.03. The van der Waals surface area contributed by atoms with Gasteiger partial charge in [-0.3, -0.25) is 9.59 Å². The van der Waals surface area contributed by atoms with Crippen molar-refractivity contribution >= 4 is 40.1 Å². The van der Waals surface area contributed by atoms with Crippen LogP contribution < -0.4 is 5.32 Å². The monoisotopic (exact) mass is 487 g/mol. The summed E-state index contributed by atoms with van der Waals surface area (Å²) in [5.41, 5.74) is 6.38. The van der Waals surface area contributed by atoms with E-state index in [0.29, 0.717) is 11.4 Å². The SMILES string of the molecule is CC1=C(c2ccccc2)C(CC(=O)[C@H]2CC[C@H](C(=O)Nc3ccc(Cl)cc3C)CC2)n2cncc21. The van der Waals surface area contributed by atoms with E-state index in [1.165, 1.54) is 11.1 Å². The van der Waals surface area contributed by atoms with Gasteiger partial charge >= 0.3 is 0 Å². The van der Waals surface area contributed by atoms with E-state index in [1.807, 2.05) is 49.8 Å². The molecule has 3 aromatic rings. The van der Waals surface area contributed by atoms with Crippen LogP contribution >= 0.6 is 11.6 Å². The van der Waals surface area contributed by atoms with Crippen molar-refractivity contribution in [1.82, 2.24) is 9.55 Å². The molecule has 6 heteroatoms. The molecule has 0 saturated heterocycles. The molecule has 5 rings (SSSR count). The molecule has 1 atom stereocenters. The van der Waals surface area contributed by atoms with Crippen LogP contribution in [0, 0.1) is 18.8 Å². The van der Waals surface area contributed by atoms with Crippen LogP contribution in [0.2, 0.25) is 5.02 Å². The fourth-order valence-electron chi connectivity index (χ4n) is 5.63. The van der Waals surface area contributed by atoms with Crippen LogP contribution in [0.15, 0.2) is 61.1 Å². The van der Waals surface area contributed by atoms with Crippen molar-refractivity contribution in [2.24, 2.45) is 11.8 Å². The maximum absolute atomic E-state index is 13.4. The fourth-order valence-corrected chi connectivity index (χ4v) is 5.86. The number of aromatic nitrogens is 2. The van der Waals surface area contributed by atoms with Crippen LogP contribution in [0.25, 0.3) is 11.1 Å². The average molecular weight is 488 g/mol. The van der Waals surface area contributed by atoms with Crippen molar-refractivity contribution < 1.29 is 9.59 Å². The predicted molar refractivity (Wildman–Crippen MR) is 140 cm³/mol. The minimum absolute atomic E-state index is 0.00113. The molecular formula is C29H30ClN3O2. The Morgan fingerprint density at radius 3 is 2.46 bits per heavy atom. The molecule has 180 valence electrons. The number of hydrogen-bond acceptors (Lipinski definition) is 3. The molecule has 2 aliphatic rings. The third kappa shape index (κ3) is 4.70. The van der Waals surface area contributed by atoms with E-state index in [9.17, 15) is 9.59 Å². The van der Waals surface area contributed by atoms with Crippen molar-refractivity contribution in [1.29, 1.82) is 0 Å². The van der Waals surface area contributed by atoms with Crippen molar-refractivity contribution in [2.75, 3.05) is 5.32 Å². The molecule has 1 aliphatic heterocycles. The summed E-state index contributed by atoms with van der Waals surface area (Å²) in [4.78, 5) is 30.6. The quantitative estimate of drug-likeness (QED) is 0.419. The van der Waals surface area contributed by atoms with Gasteiger partial charge in [-0.15, -0.1) is 0 Å². The number of fused-ring (bicyclic) bond motifs is 1. The maximum atomic E-state index is 13.4. The van der Waals surface area contributed by atoms with Crippen LogP contribution in [0.4, 0.5) is 5.69 Å². The van der Waals surface area contributed by atoms with Crippen molar-refractivity contribution in [3.63, 3.8) is 0 Å². The number of allylic oxidation sites excluding steroid dienone is 2. The Morgan fingerprint density at radius 2 is 1.74 bits per heavy atom. The third-order valence-corrected chi connectivity index (χ3v) is 7.84. The van der Waals surface area contributed by atoms with Crippen molar-refractivity contribution in [3.8, 4) is 0 Å². The Labute approximate surface area is 211 Å². The van der Waals surface area contributed by atoms with Gasteiger partial charge in [0.05, 0.1) is 24.3 Å². The van der Waals surface area contributed by atoms with Crippen molar-refractivity contribution in [3.05, 3.63) is 82.9 Å². The van der Waals surface area contributed by atoms with Crippen molar-refractivity contribution in [2.45, 2.75) is 52.0 Å². The minimum Gasteiger partial charge on any atom is -0.326 e. The lowest BCUT2D eigenvalue weighted by molar-refractivity contribution is -0.127. The lowest BCUT2D eigenvalue weighted by Crippen LogP contribution is -2.30. The molecule has 5 nitrogen and oxygen atoms in total. The maximum Gasteiger partial charge on any atom is 0.227 e. The molecular weight excluding hydrogens is 458 g/mol. The number of imidazole rings is 1. The summed E-state index contributed by atoms with van der Waals surface area (Å²) < 4.78 is 2.14. The zero-order valence-electron chi connectivity index (χ0n) is 20.1. The van der Waals surface area contributed by atoms with Crippen LogP contribution in [0.1, 0.15) is 61.9 Å². The molecule has 0 bridgehead atoms. The highest BCUT2D eigenvalue weighted by atomic mass is 35.5. The Bertz CT molecular complexity index is 1290. The zero-order chi connectivity index (χ0) is 24.5. The summed E-state index contributed by atoms with van der Waals surface area (Å²) in [6.45, 7) is 4.05. The molecule has 1 aliphatic carbocycles. The Balaban J connectivity index is 1.23. The van der Waals surface area contributed by atoms with Gasteiger partial charge in [-0.1, -0.05) is 41.9 Å². The van der Waals surface area contributed by atoms with Crippen LogP contribution in [-0.2, 0) is 9.59 Å². The van der Waals surface area contributed by atoms with E-state index >= 15 is 0 Å². The number of rotatable bonds is 6. The number of nitrogens with zero attached hydrogens (tertiary/aromatic N) is 2. The van der Waals surface area contributed by atoms with Gasteiger partial charge < -0.3 is 9.88 Å². The Hall–Kier alpha value is -3.18. The lowest BCUT2D eigenvalue weighted by Gasteiger charge is -2.28. The first-order valence-corrected chi connectivity index (χ1v) is 12.7. The fraction of sp³-hybridized carbons (Fsp3) is 0.345. The molecule has 1 saturated carbocycles. The van der Waals surface area contributed by atoms with Gasteiger partial charge in [-0.05, 0) is 80.0 Å². The topological polar surface area (TPSA) is 64.0 Å². The number of carbonyl (C=O) groups is 2. The minimum atomic E-state index is -0.0668. The first-order chi connectivity index (χ1) is 16.9. The number of amides is 1. The van der Waals surface area contributed by atoms with Gasteiger partial charge in [0.15, 0.2) is 0 Å². The smallest absolute Gasteiger partial charge is 0.227 e. The number of benzene rings is 2. The van der Waals surface area contributed by atoms with Gasteiger partial charge in [0.2, 0.25) is 5.91 Å². The van der Waals surface area contributed by atoms with E-state index in [1.54, 1.807) is 6.07 Å². The summed E-state index contributed by atoms with van der Waals surface area (Å²) in [5, 5.41) is 3.71. The molecule has 1 amide bonds. The Kier molecular flexibility index (Phi) is 6.61. The Morgan fingerprint density at radius 1 is 1.03 bits per heavy atom. The van der Waals surface area contributed by atoms with E-state index in [-0.39, 0.29) is 29.6 Å². The van der Waals surface area contributed by atoms with E-state index < -0.39 is 0 Å². The second kappa shape index (κ2) is 9.82. The second-order valence-electron chi connectivity index (χ2n) is 9.77. The molecule has 35 heavy (non-hydrogen) atoms. The van der Waals surface area contributed by atoms with E-state index in [0.717, 1.165) is 48.2 Å². The van der Waals surface area contributed by atoms with Gasteiger partial charge in [-0.2, -0.15) is 0 Å². The summed E-state index contributed by atoms with van der Waals surface area (Å²) in [7, 11) is 0. The summed E-state index contributed by atoms with van der Waals surface area (Å²) in [5.74, 6) is 0.249. The van der Waals surface area contributed by atoms with Crippen LogP contribution in [0.3, 0.4) is 0 Å². The third-order valence-electron chi connectivity index (χ3n) is 7.60. The van der Waals surface area contributed by atoms with Gasteiger partial charge in [-0.25, -0.2) is 4.98 Å². The van der Waals surface area contributed by atoms with E-state index in [4.69, 9.17) is 11.6 Å². The number of aryl methyl sites for hydroxylation is 1. The molecule has 1 N–H and O–H groups in total. The summed E-state index contributed by atoms with van der Waals surface area (Å²) in [6.07, 6.45) is 7.15. The molecule has 1 unspecified atom stereocenters. The van der Waals surface area contributed by atoms with Gasteiger partial charge in [0, 0.05) is 29.0 Å². The van der Waals surface area contributed by atoms with Gasteiger partial charge in [0.25, 0.3) is 0 Å². The normalized spacial score (nSPS) is 21.6. The number of nitrogens with one attached hydrogen (secondary N) is 1. The predicted octanol–water partition coefficient (Wildman–Crippen LogP) is 6.73. The standard InChI is InChI=1S/C29H30ClN3O2/c1-18-14-23(30)12-13-24(18)32-29(35)22-10-8-20(9-11-22)27(34)15-25-28(21-6-4-3-5-7-21)19(2)26-16-31-17-33(25)26/h3-7,12-14,16-17,20,22,25H,8-11,15H2,1-2H3,(H,32,35)/t20-,22-,25?. The number of carbonyl (C=O) groups excluding carboxylic acids is 2. The molecule has 0 radical (unpaired) electrons. The highest BCUT2D eigenvalue weighted by Crippen LogP contribution is 2.44. The number of Topliss-reactive ketones (excluding diaryl/α,β-unsaturated/α-hetero) is 1. The second-order valence-corrected chi connectivity index (χ2v) is 10.2. The van der Waals surface area contributed by atoms with Gasteiger partial charge in [0.1, 0.15) is 5.78 Å². The molecule has 1 aromatic heterocycles.